The predicted octanol–water partition coefficient (Wildman–Crippen LogP) is 4.57. The number of carbonyl (C=O) groups excluding carboxylic acids is 1. The number of carbonyl (C=O) groups is 2. The molecule has 2 aromatic heterocycles. The number of nitriles is 1. The summed E-state index contributed by atoms with van der Waals surface area (Å²) in [6, 6.07) is 10.8. The SMILES string of the molecule is C[C@H](CC(=O)O)N(C)C(=O)c1c(CCCCOCc2cccc(Cl)c2)n(C)c2ncc(C#N)cc12. The lowest BCUT2D eigenvalue weighted by Gasteiger charge is -2.24. The Labute approximate surface area is 209 Å². The van der Waals surface area contributed by atoms with Crippen LogP contribution in [0.1, 0.15) is 53.4 Å². The van der Waals surface area contributed by atoms with Crippen molar-refractivity contribution in [2.45, 2.75) is 45.3 Å². The highest BCUT2D eigenvalue weighted by molar-refractivity contribution is 6.30. The summed E-state index contributed by atoms with van der Waals surface area (Å²) in [6.07, 6.45) is 3.50. The maximum atomic E-state index is 13.5. The van der Waals surface area contributed by atoms with Gasteiger partial charge in [0.1, 0.15) is 11.7 Å². The van der Waals surface area contributed by atoms with Gasteiger partial charge < -0.3 is 19.3 Å². The highest BCUT2D eigenvalue weighted by Gasteiger charge is 2.27. The number of hydrogen-bond donors (Lipinski definition) is 1. The molecule has 1 amide bonds. The number of ether oxygens (including phenoxy) is 1. The standard InChI is InChI=1S/C26H29ClN4O4/c1-17(11-23(32)33)30(2)26(34)24-21-13-19(14-28)15-29-25(21)31(3)22(24)9-4-5-10-35-16-18-7-6-8-20(27)12-18/h6-8,12-13,15,17H,4-5,9-11,16H2,1-3H3,(H,32,33)/t17-/m1/s1. The normalized spacial score (nSPS) is 11.9. The van der Waals surface area contributed by atoms with Gasteiger partial charge in [0.15, 0.2) is 0 Å². The van der Waals surface area contributed by atoms with Crippen molar-refractivity contribution in [3.05, 3.63) is 63.9 Å². The number of rotatable bonds is 11. The summed E-state index contributed by atoms with van der Waals surface area (Å²) >= 11 is 6.01. The number of halogens is 1. The third-order valence-corrected chi connectivity index (χ3v) is 6.29. The summed E-state index contributed by atoms with van der Waals surface area (Å²) in [5.74, 6) is -1.25. The monoisotopic (exact) mass is 496 g/mol. The van der Waals surface area contributed by atoms with Crippen LogP contribution in [0, 0.1) is 11.3 Å². The zero-order valence-corrected chi connectivity index (χ0v) is 20.9. The van der Waals surface area contributed by atoms with Crippen LogP contribution in [-0.2, 0) is 29.6 Å². The van der Waals surface area contributed by atoms with Gasteiger partial charge in [-0.2, -0.15) is 5.26 Å². The Morgan fingerprint density at radius 2 is 2.09 bits per heavy atom. The number of fused-ring (bicyclic) bond motifs is 1. The lowest BCUT2D eigenvalue weighted by molar-refractivity contribution is -0.137. The maximum Gasteiger partial charge on any atom is 0.305 e. The Kier molecular flexibility index (Phi) is 8.85. The van der Waals surface area contributed by atoms with Gasteiger partial charge in [0.25, 0.3) is 5.91 Å². The molecule has 0 aliphatic heterocycles. The van der Waals surface area contributed by atoms with Crippen molar-refractivity contribution in [2.24, 2.45) is 7.05 Å². The largest absolute Gasteiger partial charge is 0.481 e. The van der Waals surface area contributed by atoms with E-state index in [9.17, 15) is 14.9 Å². The average Bonchev–Trinajstić information content (AvgIpc) is 3.10. The van der Waals surface area contributed by atoms with Gasteiger partial charge in [0.2, 0.25) is 0 Å². The quantitative estimate of drug-likeness (QED) is 0.389. The number of aryl methyl sites for hydroxylation is 1. The predicted molar refractivity (Wildman–Crippen MR) is 133 cm³/mol. The third-order valence-electron chi connectivity index (χ3n) is 6.05. The van der Waals surface area contributed by atoms with E-state index in [1.165, 1.54) is 11.1 Å². The molecule has 0 unspecified atom stereocenters. The van der Waals surface area contributed by atoms with Crippen LogP contribution in [0.3, 0.4) is 0 Å². The van der Waals surface area contributed by atoms with Gasteiger partial charge in [0, 0.05) is 49.0 Å². The number of hydrogen-bond acceptors (Lipinski definition) is 5. The van der Waals surface area contributed by atoms with Crippen LogP contribution < -0.4 is 0 Å². The summed E-state index contributed by atoms with van der Waals surface area (Å²) in [5.41, 5.74) is 3.25. The Bertz CT molecular complexity index is 1260. The molecule has 35 heavy (non-hydrogen) atoms. The van der Waals surface area contributed by atoms with Crippen molar-refractivity contribution >= 4 is 34.5 Å². The molecule has 0 bridgehead atoms. The molecular weight excluding hydrogens is 468 g/mol. The Morgan fingerprint density at radius 1 is 1.31 bits per heavy atom. The molecular formula is C26H29ClN4O4. The first kappa shape index (κ1) is 26.2. The van der Waals surface area contributed by atoms with Crippen LogP contribution in [0.4, 0.5) is 0 Å². The molecule has 184 valence electrons. The number of aromatic nitrogens is 2. The smallest absolute Gasteiger partial charge is 0.305 e. The van der Waals surface area contributed by atoms with E-state index in [4.69, 9.17) is 21.4 Å². The zero-order valence-electron chi connectivity index (χ0n) is 20.1. The van der Waals surface area contributed by atoms with Gasteiger partial charge >= 0.3 is 5.97 Å². The first-order chi connectivity index (χ1) is 16.7. The van der Waals surface area contributed by atoms with Crippen molar-refractivity contribution in [2.75, 3.05) is 13.7 Å². The lowest BCUT2D eigenvalue weighted by atomic mass is 10.0. The summed E-state index contributed by atoms with van der Waals surface area (Å²) in [4.78, 5) is 30.5. The molecule has 9 heteroatoms. The molecule has 1 N–H and O–H groups in total. The van der Waals surface area contributed by atoms with E-state index in [1.54, 1.807) is 20.0 Å². The summed E-state index contributed by atoms with van der Waals surface area (Å²) < 4.78 is 7.65. The highest BCUT2D eigenvalue weighted by atomic mass is 35.5. The Morgan fingerprint density at radius 3 is 2.77 bits per heavy atom. The van der Waals surface area contributed by atoms with E-state index in [0.717, 1.165) is 24.1 Å². The molecule has 0 aliphatic rings. The molecule has 0 saturated carbocycles. The van der Waals surface area contributed by atoms with Crippen molar-refractivity contribution in [3.8, 4) is 6.07 Å². The molecule has 1 atom stereocenters. The van der Waals surface area contributed by atoms with Crippen LogP contribution in [-0.4, -0.2) is 51.1 Å². The Hall–Kier alpha value is -3.41. The molecule has 0 fully saturated rings. The minimum Gasteiger partial charge on any atom is -0.481 e. The van der Waals surface area contributed by atoms with Crippen molar-refractivity contribution in [1.82, 2.24) is 14.5 Å². The second kappa shape index (κ2) is 11.8. The molecule has 3 rings (SSSR count). The van der Waals surface area contributed by atoms with Gasteiger partial charge in [-0.25, -0.2) is 4.98 Å². The third kappa shape index (κ3) is 6.38. The van der Waals surface area contributed by atoms with Crippen LogP contribution >= 0.6 is 11.6 Å². The first-order valence-corrected chi connectivity index (χ1v) is 11.8. The minimum absolute atomic E-state index is 0.159. The van der Waals surface area contributed by atoms with Crippen molar-refractivity contribution in [3.63, 3.8) is 0 Å². The fourth-order valence-electron chi connectivity index (χ4n) is 4.03. The van der Waals surface area contributed by atoms with Gasteiger partial charge in [0.05, 0.1) is 24.2 Å². The van der Waals surface area contributed by atoms with Crippen LogP contribution in [0.15, 0.2) is 36.5 Å². The van der Waals surface area contributed by atoms with Gasteiger partial charge in [-0.1, -0.05) is 23.7 Å². The fourth-order valence-corrected chi connectivity index (χ4v) is 4.24. The molecule has 0 spiro atoms. The molecule has 8 nitrogen and oxygen atoms in total. The fraction of sp³-hybridized carbons (Fsp3) is 0.385. The van der Waals surface area contributed by atoms with Crippen molar-refractivity contribution < 1.29 is 19.4 Å². The van der Waals surface area contributed by atoms with E-state index < -0.39 is 12.0 Å². The van der Waals surface area contributed by atoms with E-state index >= 15 is 0 Å². The second-order valence-corrected chi connectivity index (χ2v) is 9.03. The topological polar surface area (TPSA) is 108 Å². The highest BCUT2D eigenvalue weighted by Crippen LogP contribution is 2.28. The number of unbranched alkanes of at least 4 members (excludes halogenated alkanes) is 1. The number of carboxylic acid groups (broad SMARTS) is 1. The van der Waals surface area contributed by atoms with Crippen LogP contribution in [0.25, 0.3) is 11.0 Å². The number of pyridine rings is 1. The number of carboxylic acids is 1. The van der Waals surface area contributed by atoms with Crippen LogP contribution in [0.5, 0.6) is 0 Å². The molecule has 0 radical (unpaired) electrons. The number of aliphatic carboxylic acids is 1. The zero-order chi connectivity index (χ0) is 25.5. The van der Waals surface area contributed by atoms with Gasteiger partial charge in [-0.15, -0.1) is 0 Å². The molecule has 0 saturated heterocycles. The van der Waals surface area contributed by atoms with E-state index in [2.05, 4.69) is 11.1 Å². The molecule has 1 aromatic carbocycles. The van der Waals surface area contributed by atoms with E-state index in [0.29, 0.717) is 46.8 Å². The van der Waals surface area contributed by atoms with E-state index in [1.807, 2.05) is 35.9 Å². The number of benzene rings is 1. The molecule has 2 heterocycles. The van der Waals surface area contributed by atoms with Crippen LogP contribution in [0.2, 0.25) is 5.02 Å². The van der Waals surface area contributed by atoms with Crippen molar-refractivity contribution in [1.29, 1.82) is 5.26 Å². The lowest BCUT2D eigenvalue weighted by Crippen LogP contribution is -2.37. The van der Waals surface area contributed by atoms with E-state index in [-0.39, 0.29) is 12.3 Å². The summed E-state index contributed by atoms with van der Waals surface area (Å²) in [5, 5.41) is 19.8. The number of amides is 1. The minimum atomic E-state index is -0.971. The number of nitrogens with zero attached hydrogens (tertiary/aromatic N) is 4. The maximum absolute atomic E-state index is 13.5. The Balaban J connectivity index is 1.76. The molecule has 0 aliphatic carbocycles. The second-order valence-electron chi connectivity index (χ2n) is 8.59. The van der Waals surface area contributed by atoms with Gasteiger partial charge in [-0.05, 0) is 49.9 Å². The van der Waals surface area contributed by atoms with Gasteiger partial charge in [-0.3, -0.25) is 9.59 Å². The first-order valence-electron chi connectivity index (χ1n) is 11.4. The summed E-state index contributed by atoms with van der Waals surface area (Å²) in [7, 11) is 3.45. The summed E-state index contributed by atoms with van der Waals surface area (Å²) in [6.45, 7) is 2.74. The average molecular weight is 497 g/mol. The molecule has 3 aromatic rings.